The van der Waals surface area contributed by atoms with Crippen LogP contribution >= 0.6 is 0 Å². The third kappa shape index (κ3) is 5.03. The molecule has 0 N–H and O–H groups in total. The van der Waals surface area contributed by atoms with E-state index in [1.165, 1.54) is 6.08 Å². The van der Waals surface area contributed by atoms with Crippen LogP contribution in [0.4, 0.5) is 13.2 Å². The van der Waals surface area contributed by atoms with E-state index in [1.54, 1.807) is 33.8 Å². The first-order valence-electron chi connectivity index (χ1n) is 9.25. The lowest BCUT2D eigenvalue weighted by Crippen LogP contribution is -2.03. The first kappa shape index (κ1) is 21.7. The monoisotopic (exact) mass is 390 g/mol. The predicted octanol–water partition coefficient (Wildman–Crippen LogP) is 6.55. The lowest BCUT2D eigenvalue weighted by molar-refractivity contribution is -0.137. The molecule has 0 aromatic heterocycles. The van der Waals surface area contributed by atoms with E-state index in [2.05, 4.69) is 11.3 Å². The fraction of sp³-hybridized carbons (Fsp3) is 0.348. The number of rotatable bonds is 7. The Kier molecular flexibility index (Phi) is 7.05. The van der Waals surface area contributed by atoms with E-state index in [9.17, 15) is 18.0 Å². The topological polar surface area (TPSA) is 26.3 Å². The summed E-state index contributed by atoms with van der Waals surface area (Å²) < 4.78 is 48.9. The van der Waals surface area contributed by atoms with Crippen molar-refractivity contribution in [2.24, 2.45) is 0 Å². The molecule has 1 fully saturated rings. The van der Waals surface area contributed by atoms with E-state index in [4.69, 9.17) is 0 Å². The van der Waals surface area contributed by atoms with Crippen molar-refractivity contribution in [3.05, 3.63) is 76.2 Å². The predicted molar refractivity (Wildman–Crippen MR) is 106 cm³/mol. The number of halogens is 3. The quantitative estimate of drug-likeness (QED) is 0.300. The summed E-state index contributed by atoms with van der Waals surface area (Å²) in [4.78, 5) is 11.3. The number of ether oxygens (including phenoxy) is 1. The molecule has 1 saturated carbocycles. The van der Waals surface area contributed by atoms with Crippen LogP contribution in [0.25, 0.3) is 5.57 Å². The van der Waals surface area contributed by atoms with Gasteiger partial charge in [0.2, 0.25) is 0 Å². The van der Waals surface area contributed by atoms with Gasteiger partial charge in [-0.3, -0.25) is 0 Å². The highest BCUT2D eigenvalue weighted by molar-refractivity contribution is 5.85. The molecule has 0 unspecified atom stereocenters. The molecular weight excluding hydrogens is 365 g/mol. The van der Waals surface area contributed by atoms with E-state index in [1.807, 2.05) is 0 Å². The maximum absolute atomic E-state index is 15.0. The number of carbonyl (C=O) groups is 1. The molecule has 1 aromatic carbocycles. The van der Waals surface area contributed by atoms with Crippen LogP contribution in [0.5, 0.6) is 0 Å². The van der Waals surface area contributed by atoms with Gasteiger partial charge in [0, 0.05) is 11.6 Å². The van der Waals surface area contributed by atoms with Crippen LogP contribution in [0.1, 0.15) is 54.9 Å². The van der Waals surface area contributed by atoms with Crippen molar-refractivity contribution in [3.63, 3.8) is 0 Å². The molecule has 0 amide bonds. The van der Waals surface area contributed by atoms with Crippen molar-refractivity contribution in [3.8, 4) is 0 Å². The Hall–Kier alpha value is -2.56. The van der Waals surface area contributed by atoms with Gasteiger partial charge in [-0.25, -0.2) is 18.0 Å². The molecule has 0 bridgehead atoms. The summed E-state index contributed by atoms with van der Waals surface area (Å²) in [6.07, 6.45) is 4.77. The molecule has 1 aliphatic rings. The molecule has 0 heterocycles. The number of esters is 1. The van der Waals surface area contributed by atoms with Crippen LogP contribution in [0.3, 0.4) is 0 Å². The lowest BCUT2D eigenvalue weighted by Gasteiger charge is -2.17. The molecule has 5 heteroatoms. The summed E-state index contributed by atoms with van der Waals surface area (Å²) in [5.74, 6) is -3.39. The number of hydrogen-bond donors (Lipinski definition) is 0. The fourth-order valence-electron chi connectivity index (χ4n) is 3.12. The fourth-order valence-corrected chi connectivity index (χ4v) is 3.12. The van der Waals surface area contributed by atoms with Crippen molar-refractivity contribution in [1.29, 1.82) is 0 Å². The van der Waals surface area contributed by atoms with Gasteiger partial charge in [-0.15, -0.1) is 0 Å². The van der Waals surface area contributed by atoms with Crippen molar-refractivity contribution in [2.45, 2.75) is 46.5 Å². The second kappa shape index (κ2) is 9.09. The van der Waals surface area contributed by atoms with Crippen LogP contribution in [-0.4, -0.2) is 12.6 Å². The zero-order chi connectivity index (χ0) is 21.0. The minimum absolute atomic E-state index is 0.102. The highest BCUT2D eigenvalue weighted by Gasteiger charge is 2.29. The second-order valence-corrected chi connectivity index (χ2v) is 7.02. The highest BCUT2D eigenvalue weighted by Crippen LogP contribution is 2.44. The van der Waals surface area contributed by atoms with E-state index < -0.39 is 17.6 Å². The van der Waals surface area contributed by atoms with Crippen LogP contribution in [0.15, 0.2) is 48.1 Å². The number of hydrogen-bond acceptors (Lipinski definition) is 2. The third-order valence-corrected chi connectivity index (χ3v) is 4.50. The van der Waals surface area contributed by atoms with Gasteiger partial charge >= 0.3 is 5.97 Å². The molecule has 1 aromatic rings. The van der Waals surface area contributed by atoms with Gasteiger partial charge in [-0.05, 0) is 80.9 Å². The molecule has 2 rings (SSSR count). The third-order valence-electron chi connectivity index (χ3n) is 4.50. The molecule has 1 aliphatic carbocycles. The summed E-state index contributed by atoms with van der Waals surface area (Å²) in [6.45, 7) is 10.4. The highest BCUT2D eigenvalue weighted by atomic mass is 19.2. The van der Waals surface area contributed by atoms with Crippen LogP contribution in [0, 0.1) is 19.7 Å². The molecular formula is C23H25F3O2. The standard InChI is InChI=1S/C23H25F3O2/c1-6-28-20(27)10-9-19(24)23(26)18(11-13(2)3)21-14(4)12-17(16-7-8-16)22(25)15(21)5/h9-12,16H,2,6-8H2,1,3-5H3/b10-9-,18-11-,23-19+. The van der Waals surface area contributed by atoms with E-state index >= 15 is 0 Å². The Morgan fingerprint density at radius 3 is 2.46 bits per heavy atom. The zero-order valence-electron chi connectivity index (χ0n) is 16.7. The van der Waals surface area contributed by atoms with Crippen molar-refractivity contribution >= 4 is 11.5 Å². The van der Waals surface area contributed by atoms with E-state index in [0.717, 1.165) is 18.9 Å². The number of aryl methyl sites for hydroxylation is 1. The summed E-state index contributed by atoms with van der Waals surface area (Å²) in [6, 6.07) is 1.71. The van der Waals surface area contributed by atoms with Crippen LogP contribution < -0.4 is 0 Å². The Bertz CT molecular complexity index is 888. The van der Waals surface area contributed by atoms with E-state index in [-0.39, 0.29) is 29.5 Å². The van der Waals surface area contributed by atoms with Crippen LogP contribution in [0.2, 0.25) is 0 Å². The summed E-state index contributed by atoms with van der Waals surface area (Å²) >= 11 is 0. The molecule has 0 aliphatic heterocycles. The smallest absolute Gasteiger partial charge is 0.330 e. The number of allylic oxidation sites excluding steroid dienone is 6. The van der Waals surface area contributed by atoms with Gasteiger partial charge in [0.25, 0.3) is 0 Å². The molecule has 0 radical (unpaired) electrons. The van der Waals surface area contributed by atoms with Gasteiger partial charge in [0.1, 0.15) is 5.82 Å². The van der Waals surface area contributed by atoms with Gasteiger partial charge < -0.3 is 4.74 Å². The number of benzene rings is 1. The molecule has 0 saturated heterocycles. The molecule has 28 heavy (non-hydrogen) atoms. The number of carbonyl (C=O) groups excluding carboxylic acids is 1. The Morgan fingerprint density at radius 2 is 1.93 bits per heavy atom. The van der Waals surface area contributed by atoms with Crippen LogP contribution in [-0.2, 0) is 9.53 Å². The largest absolute Gasteiger partial charge is 0.463 e. The van der Waals surface area contributed by atoms with Crippen molar-refractivity contribution in [1.82, 2.24) is 0 Å². The van der Waals surface area contributed by atoms with Gasteiger partial charge in [-0.2, -0.15) is 0 Å². The van der Waals surface area contributed by atoms with Gasteiger partial charge in [0.15, 0.2) is 11.7 Å². The first-order valence-corrected chi connectivity index (χ1v) is 9.25. The molecule has 2 nitrogen and oxygen atoms in total. The zero-order valence-corrected chi connectivity index (χ0v) is 16.7. The minimum atomic E-state index is -1.24. The Morgan fingerprint density at radius 1 is 1.29 bits per heavy atom. The second-order valence-electron chi connectivity index (χ2n) is 7.02. The van der Waals surface area contributed by atoms with E-state index in [0.29, 0.717) is 28.3 Å². The van der Waals surface area contributed by atoms with Gasteiger partial charge in [0.05, 0.1) is 6.61 Å². The molecule has 0 atom stereocenters. The average molecular weight is 390 g/mol. The first-order chi connectivity index (χ1) is 13.2. The SMILES string of the molecule is C=C(C)\C=C(/C(F)=C(F)/C=C\C(=O)OCC)c1c(C)cc(C2CC2)c(F)c1C. The Labute approximate surface area is 164 Å². The maximum atomic E-state index is 15.0. The summed E-state index contributed by atoms with van der Waals surface area (Å²) in [7, 11) is 0. The Balaban J connectivity index is 2.56. The average Bonchev–Trinajstić information content (AvgIpc) is 3.46. The van der Waals surface area contributed by atoms with Crippen molar-refractivity contribution < 1.29 is 22.7 Å². The maximum Gasteiger partial charge on any atom is 0.330 e. The minimum Gasteiger partial charge on any atom is -0.463 e. The van der Waals surface area contributed by atoms with Crippen molar-refractivity contribution in [2.75, 3.05) is 6.61 Å². The normalized spacial score (nSPS) is 15.6. The molecule has 150 valence electrons. The lowest BCUT2D eigenvalue weighted by atomic mass is 9.89. The molecule has 0 spiro atoms. The van der Waals surface area contributed by atoms with Gasteiger partial charge in [-0.1, -0.05) is 18.2 Å². The summed E-state index contributed by atoms with van der Waals surface area (Å²) in [5, 5.41) is 0. The summed E-state index contributed by atoms with van der Waals surface area (Å²) in [5.41, 5.74) is 2.23.